The predicted octanol–water partition coefficient (Wildman–Crippen LogP) is 3.17. The smallest absolute Gasteiger partial charge is 0.387 e. The van der Waals surface area contributed by atoms with Gasteiger partial charge in [0.15, 0.2) is 12.4 Å². The summed E-state index contributed by atoms with van der Waals surface area (Å²) in [6.07, 6.45) is 0. The van der Waals surface area contributed by atoms with E-state index in [4.69, 9.17) is 10.5 Å². The van der Waals surface area contributed by atoms with Gasteiger partial charge in [-0.3, -0.25) is 0 Å². The van der Waals surface area contributed by atoms with E-state index in [2.05, 4.69) is 14.7 Å². The van der Waals surface area contributed by atoms with Gasteiger partial charge in [-0.1, -0.05) is 24.3 Å². The van der Waals surface area contributed by atoms with E-state index in [1.54, 1.807) is 18.2 Å². The van der Waals surface area contributed by atoms with Crippen molar-refractivity contribution in [2.24, 2.45) is 0 Å². The highest BCUT2D eigenvalue weighted by atomic mass is 19.3. The summed E-state index contributed by atoms with van der Waals surface area (Å²) in [6, 6.07) is 12.7. The number of ether oxygens (including phenoxy) is 2. The molecule has 128 valence electrons. The Morgan fingerprint density at radius 2 is 1.80 bits per heavy atom. The van der Waals surface area contributed by atoms with Gasteiger partial charge in [0, 0.05) is 5.39 Å². The lowest BCUT2D eigenvalue weighted by Gasteiger charge is -2.10. The van der Waals surface area contributed by atoms with Crippen LogP contribution in [0.4, 0.5) is 14.6 Å². The number of aromatic nitrogens is 2. The number of halogens is 2. The molecule has 0 saturated carbocycles. The second-order valence-electron chi connectivity index (χ2n) is 4.99. The highest BCUT2D eigenvalue weighted by molar-refractivity contribution is 5.92. The Morgan fingerprint density at radius 3 is 2.60 bits per heavy atom. The summed E-state index contributed by atoms with van der Waals surface area (Å²) in [5.74, 6) is -0.622. The van der Waals surface area contributed by atoms with Crippen LogP contribution in [0, 0.1) is 0 Å². The molecule has 2 aromatic carbocycles. The first kappa shape index (κ1) is 16.6. The number of hydrogen-bond acceptors (Lipinski definition) is 6. The van der Waals surface area contributed by atoms with E-state index < -0.39 is 12.6 Å². The number of carbonyl (C=O) groups excluding carboxylic acids is 1. The lowest BCUT2D eigenvalue weighted by Crippen LogP contribution is -2.12. The van der Waals surface area contributed by atoms with E-state index in [1.807, 2.05) is 6.07 Å². The minimum absolute atomic E-state index is 0.114. The predicted molar refractivity (Wildman–Crippen MR) is 86.1 cm³/mol. The molecule has 0 amide bonds. The quantitative estimate of drug-likeness (QED) is 0.715. The van der Waals surface area contributed by atoms with Gasteiger partial charge in [0.2, 0.25) is 0 Å². The molecule has 3 aromatic rings. The van der Waals surface area contributed by atoms with Crippen molar-refractivity contribution in [3.05, 3.63) is 59.9 Å². The van der Waals surface area contributed by atoms with Gasteiger partial charge in [0.05, 0.1) is 5.52 Å². The van der Waals surface area contributed by atoms with Gasteiger partial charge < -0.3 is 15.2 Å². The van der Waals surface area contributed by atoms with Crippen LogP contribution < -0.4 is 10.5 Å². The maximum atomic E-state index is 12.4. The Balaban J connectivity index is 1.77. The van der Waals surface area contributed by atoms with Gasteiger partial charge in [-0.2, -0.15) is 8.78 Å². The maximum Gasteiger partial charge on any atom is 0.387 e. The number of para-hydroxylation sites is 2. The van der Waals surface area contributed by atoms with Crippen molar-refractivity contribution in [3.63, 3.8) is 0 Å². The van der Waals surface area contributed by atoms with Crippen LogP contribution in [0.25, 0.3) is 10.9 Å². The van der Waals surface area contributed by atoms with E-state index in [-0.39, 0.29) is 29.6 Å². The molecule has 1 heterocycles. The molecule has 0 aliphatic rings. The second kappa shape index (κ2) is 7.08. The molecule has 8 heteroatoms. The first-order valence-electron chi connectivity index (χ1n) is 7.26. The third-order valence-electron chi connectivity index (χ3n) is 3.33. The van der Waals surface area contributed by atoms with Crippen molar-refractivity contribution in [1.82, 2.24) is 9.97 Å². The largest absolute Gasteiger partial charge is 0.454 e. The number of benzene rings is 2. The fraction of sp³-hybridized carbons (Fsp3) is 0.118. The molecular weight excluding hydrogens is 332 g/mol. The molecule has 0 unspecified atom stereocenters. The summed E-state index contributed by atoms with van der Waals surface area (Å²) in [7, 11) is 0. The fourth-order valence-electron chi connectivity index (χ4n) is 2.26. The van der Waals surface area contributed by atoms with Gasteiger partial charge in [0.25, 0.3) is 0 Å². The highest BCUT2D eigenvalue weighted by Crippen LogP contribution is 2.22. The summed E-state index contributed by atoms with van der Waals surface area (Å²) in [5, 5.41) is 0.688. The van der Waals surface area contributed by atoms with Gasteiger partial charge >= 0.3 is 12.6 Å². The topological polar surface area (TPSA) is 87.3 Å². The Bertz CT molecular complexity index is 919. The maximum absolute atomic E-state index is 12.4. The molecule has 6 nitrogen and oxygen atoms in total. The molecule has 25 heavy (non-hydrogen) atoms. The molecule has 3 rings (SSSR count). The van der Waals surface area contributed by atoms with Crippen LogP contribution in [0.3, 0.4) is 0 Å². The second-order valence-corrected chi connectivity index (χ2v) is 4.99. The fourth-order valence-corrected chi connectivity index (χ4v) is 2.26. The van der Waals surface area contributed by atoms with E-state index in [0.29, 0.717) is 10.9 Å². The van der Waals surface area contributed by atoms with Gasteiger partial charge in [-0.05, 0) is 24.3 Å². The van der Waals surface area contributed by atoms with Crippen molar-refractivity contribution >= 4 is 22.7 Å². The minimum Gasteiger partial charge on any atom is -0.454 e. The molecule has 0 aliphatic carbocycles. The standard InChI is InChI=1S/C17H13F2N3O3/c18-17(19)25-13-8-4-2-6-11(13)16(23)24-9-14-21-12-7-3-1-5-10(12)15(20)22-14/h1-8,17H,9H2,(H2,20,21,22). The Morgan fingerprint density at radius 1 is 1.08 bits per heavy atom. The SMILES string of the molecule is Nc1nc(COC(=O)c2ccccc2OC(F)F)nc2ccccc12. The molecule has 0 atom stereocenters. The third kappa shape index (κ3) is 3.79. The number of alkyl halides is 2. The number of fused-ring (bicyclic) bond motifs is 1. The molecule has 0 saturated heterocycles. The van der Waals surface area contributed by atoms with E-state index in [9.17, 15) is 13.6 Å². The van der Waals surface area contributed by atoms with Crippen LogP contribution in [0.5, 0.6) is 5.75 Å². The zero-order chi connectivity index (χ0) is 17.8. The van der Waals surface area contributed by atoms with Crippen LogP contribution in [0.1, 0.15) is 16.2 Å². The zero-order valence-electron chi connectivity index (χ0n) is 12.9. The van der Waals surface area contributed by atoms with Crippen molar-refractivity contribution in [3.8, 4) is 5.75 Å². The number of nitrogen functional groups attached to an aromatic ring is 1. The van der Waals surface area contributed by atoms with Crippen molar-refractivity contribution in [1.29, 1.82) is 0 Å². The summed E-state index contributed by atoms with van der Waals surface area (Å²) in [5.41, 5.74) is 6.36. The molecule has 0 aliphatic heterocycles. The first-order valence-corrected chi connectivity index (χ1v) is 7.26. The number of nitrogens with two attached hydrogens (primary N) is 1. The first-order chi connectivity index (χ1) is 12.0. The molecule has 0 radical (unpaired) electrons. The molecule has 0 fully saturated rings. The molecule has 0 bridgehead atoms. The zero-order valence-corrected chi connectivity index (χ0v) is 12.9. The highest BCUT2D eigenvalue weighted by Gasteiger charge is 2.17. The Labute approximate surface area is 141 Å². The average Bonchev–Trinajstić information content (AvgIpc) is 2.60. The van der Waals surface area contributed by atoms with Crippen molar-refractivity contribution < 1.29 is 23.0 Å². The monoisotopic (exact) mass is 345 g/mol. The molecule has 1 aromatic heterocycles. The number of nitrogens with zero attached hydrogens (tertiary/aromatic N) is 2. The third-order valence-corrected chi connectivity index (χ3v) is 3.33. The van der Waals surface area contributed by atoms with E-state index in [1.165, 1.54) is 24.3 Å². The van der Waals surface area contributed by atoms with Crippen LogP contribution in [0.15, 0.2) is 48.5 Å². The minimum atomic E-state index is -3.04. The van der Waals surface area contributed by atoms with Crippen molar-refractivity contribution in [2.75, 3.05) is 5.73 Å². The van der Waals surface area contributed by atoms with Gasteiger partial charge in [-0.25, -0.2) is 14.8 Å². The molecular formula is C17H13F2N3O3. The Hall–Kier alpha value is -3.29. The summed E-state index contributed by atoms with van der Waals surface area (Å²) in [4.78, 5) is 20.5. The lowest BCUT2D eigenvalue weighted by molar-refractivity contribution is -0.0505. The lowest BCUT2D eigenvalue weighted by atomic mass is 10.2. The average molecular weight is 345 g/mol. The van der Waals surface area contributed by atoms with Crippen LogP contribution in [0.2, 0.25) is 0 Å². The number of anilines is 1. The number of rotatable bonds is 5. The molecule has 0 spiro atoms. The van der Waals surface area contributed by atoms with Crippen LogP contribution >= 0.6 is 0 Å². The summed E-state index contributed by atoms with van der Waals surface area (Å²) < 4.78 is 34.2. The summed E-state index contributed by atoms with van der Waals surface area (Å²) >= 11 is 0. The van der Waals surface area contributed by atoms with Gasteiger partial charge in [0.1, 0.15) is 17.1 Å². The number of hydrogen-bond donors (Lipinski definition) is 1. The number of carbonyl (C=O) groups is 1. The summed E-state index contributed by atoms with van der Waals surface area (Å²) in [6.45, 7) is -3.30. The van der Waals surface area contributed by atoms with Gasteiger partial charge in [-0.15, -0.1) is 0 Å². The normalized spacial score (nSPS) is 10.8. The molecule has 2 N–H and O–H groups in total. The van der Waals surface area contributed by atoms with E-state index in [0.717, 1.165) is 0 Å². The van der Waals surface area contributed by atoms with Crippen LogP contribution in [-0.4, -0.2) is 22.5 Å². The Kier molecular flexibility index (Phi) is 4.69. The van der Waals surface area contributed by atoms with Crippen LogP contribution in [-0.2, 0) is 11.3 Å². The van der Waals surface area contributed by atoms with E-state index >= 15 is 0 Å². The number of esters is 1. The van der Waals surface area contributed by atoms with Crippen molar-refractivity contribution in [2.45, 2.75) is 13.2 Å².